The van der Waals surface area contributed by atoms with Crippen molar-refractivity contribution in [1.82, 2.24) is 5.32 Å². The van der Waals surface area contributed by atoms with Gasteiger partial charge >= 0.3 is 0 Å². The van der Waals surface area contributed by atoms with Gasteiger partial charge in [-0.2, -0.15) is 0 Å². The van der Waals surface area contributed by atoms with Crippen molar-refractivity contribution in [3.63, 3.8) is 0 Å². The van der Waals surface area contributed by atoms with E-state index in [4.69, 9.17) is 5.73 Å². The van der Waals surface area contributed by atoms with E-state index in [1.54, 1.807) is 0 Å². The van der Waals surface area contributed by atoms with Gasteiger partial charge in [0, 0.05) is 15.4 Å². The molecule has 20 heavy (non-hydrogen) atoms. The normalized spacial score (nSPS) is 17.7. The van der Waals surface area contributed by atoms with Crippen molar-refractivity contribution in [3.05, 3.63) is 28.7 Å². The molecule has 1 unspecified atom stereocenters. The summed E-state index contributed by atoms with van der Waals surface area (Å²) in [4.78, 5) is 12.9. The van der Waals surface area contributed by atoms with Crippen LogP contribution in [0.5, 0.6) is 0 Å². The second-order valence-corrected chi connectivity index (χ2v) is 7.61. The van der Waals surface area contributed by atoms with E-state index in [1.807, 2.05) is 30.8 Å². The first kappa shape index (κ1) is 15.9. The molecule has 0 bridgehead atoms. The Hall–Kier alpha value is -0.520. The van der Waals surface area contributed by atoms with Gasteiger partial charge in [0.15, 0.2) is 0 Å². The maximum absolute atomic E-state index is 11.6. The van der Waals surface area contributed by atoms with E-state index in [9.17, 15) is 4.79 Å². The molecule has 1 aliphatic rings. The van der Waals surface area contributed by atoms with Crippen LogP contribution in [-0.4, -0.2) is 23.2 Å². The first-order valence-corrected chi connectivity index (χ1v) is 8.73. The van der Waals surface area contributed by atoms with Crippen molar-refractivity contribution in [3.8, 4) is 0 Å². The topological polar surface area (TPSA) is 55.1 Å². The van der Waals surface area contributed by atoms with Crippen molar-refractivity contribution in [2.45, 2.75) is 49.1 Å². The number of nitrogens with two attached hydrogens (primary N) is 1. The highest BCUT2D eigenvalue weighted by Gasteiger charge is 2.36. The maximum atomic E-state index is 11.6. The summed E-state index contributed by atoms with van der Waals surface area (Å²) < 4.78 is 1.10. The van der Waals surface area contributed by atoms with Crippen LogP contribution in [-0.2, 0) is 4.79 Å². The van der Waals surface area contributed by atoms with E-state index < -0.39 is 5.54 Å². The molecule has 0 spiro atoms. The van der Waals surface area contributed by atoms with Gasteiger partial charge in [-0.3, -0.25) is 4.79 Å². The number of amides is 1. The Morgan fingerprint density at radius 3 is 2.90 bits per heavy atom. The van der Waals surface area contributed by atoms with E-state index >= 15 is 0 Å². The molecule has 1 aliphatic carbocycles. The molecule has 1 amide bonds. The number of carbonyl (C=O) groups excluding carboxylic acids is 1. The zero-order valence-electron chi connectivity index (χ0n) is 11.7. The zero-order valence-corrected chi connectivity index (χ0v) is 14.1. The minimum Gasteiger partial charge on any atom is -0.368 e. The van der Waals surface area contributed by atoms with Crippen LogP contribution < -0.4 is 11.1 Å². The molecule has 1 atom stereocenters. The van der Waals surface area contributed by atoms with Gasteiger partial charge in [-0.05, 0) is 56.6 Å². The van der Waals surface area contributed by atoms with Crippen LogP contribution in [0.15, 0.2) is 33.6 Å². The van der Waals surface area contributed by atoms with Gasteiger partial charge in [0.05, 0.1) is 5.54 Å². The average Bonchev–Trinajstić information content (AvgIpc) is 3.18. The molecule has 1 aromatic rings. The number of rotatable bonds is 8. The summed E-state index contributed by atoms with van der Waals surface area (Å²) in [6, 6.07) is 8.76. The van der Waals surface area contributed by atoms with Crippen LogP contribution in [0, 0.1) is 0 Å². The van der Waals surface area contributed by atoms with Crippen molar-refractivity contribution in [1.29, 1.82) is 0 Å². The van der Waals surface area contributed by atoms with Crippen molar-refractivity contribution >= 4 is 33.6 Å². The minimum atomic E-state index is -0.557. The summed E-state index contributed by atoms with van der Waals surface area (Å²) in [6.45, 7) is 1.93. The maximum Gasteiger partial charge on any atom is 0.237 e. The van der Waals surface area contributed by atoms with E-state index in [-0.39, 0.29) is 5.91 Å². The number of hydrogen-bond donors (Lipinski definition) is 2. The second-order valence-electron chi connectivity index (χ2n) is 5.52. The van der Waals surface area contributed by atoms with E-state index in [0.29, 0.717) is 6.04 Å². The Morgan fingerprint density at radius 2 is 2.30 bits per heavy atom. The lowest BCUT2D eigenvalue weighted by Crippen LogP contribution is -2.54. The summed E-state index contributed by atoms with van der Waals surface area (Å²) in [5.41, 5.74) is 4.99. The predicted octanol–water partition coefficient (Wildman–Crippen LogP) is 3.32. The van der Waals surface area contributed by atoms with Gasteiger partial charge in [0.25, 0.3) is 0 Å². The minimum absolute atomic E-state index is 0.239. The second kappa shape index (κ2) is 6.96. The summed E-state index contributed by atoms with van der Waals surface area (Å²) in [7, 11) is 0. The number of benzene rings is 1. The number of nitrogens with one attached hydrogen (secondary N) is 1. The quantitative estimate of drug-likeness (QED) is 0.554. The van der Waals surface area contributed by atoms with Crippen LogP contribution in [0.1, 0.15) is 32.6 Å². The molecule has 5 heteroatoms. The van der Waals surface area contributed by atoms with Crippen LogP contribution in [0.25, 0.3) is 0 Å². The van der Waals surface area contributed by atoms with Crippen molar-refractivity contribution < 1.29 is 4.79 Å². The first-order valence-electron chi connectivity index (χ1n) is 6.95. The van der Waals surface area contributed by atoms with Gasteiger partial charge in [0.2, 0.25) is 5.91 Å². The number of carbonyl (C=O) groups is 1. The predicted molar refractivity (Wildman–Crippen MR) is 87.9 cm³/mol. The summed E-state index contributed by atoms with van der Waals surface area (Å²) in [5.74, 6) is 0.753. The Bertz CT molecular complexity index is 479. The molecule has 3 N–H and O–H groups in total. The summed E-state index contributed by atoms with van der Waals surface area (Å²) in [5, 5.41) is 3.38. The Balaban J connectivity index is 1.77. The molecule has 0 aromatic heterocycles. The fraction of sp³-hybridized carbons (Fsp3) is 0.533. The monoisotopic (exact) mass is 356 g/mol. The molecule has 1 aromatic carbocycles. The standard InChI is InChI=1S/C15H21BrN2OS/c1-15(14(17)19,18-12-6-7-12)8-3-9-20-13-5-2-4-11(16)10-13/h2,4-5,10,12,18H,3,6-9H2,1H3,(H2,17,19). The van der Waals surface area contributed by atoms with Gasteiger partial charge in [-0.1, -0.05) is 22.0 Å². The molecule has 0 aliphatic heterocycles. The lowest BCUT2D eigenvalue weighted by Gasteiger charge is -2.27. The van der Waals surface area contributed by atoms with E-state index in [1.165, 1.54) is 4.90 Å². The molecule has 1 fully saturated rings. The highest BCUT2D eigenvalue weighted by molar-refractivity contribution is 9.10. The fourth-order valence-corrected chi connectivity index (χ4v) is 3.58. The fourth-order valence-electron chi connectivity index (χ4n) is 2.12. The third kappa shape index (κ3) is 4.79. The molecule has 0 heterocycles. The van der Waals surface area contributed by atoms with Crippen LogP contribution in [0.2, 0.25) is 0 Å². The lowest BCUT2D eigenvalue weighted by molar-refractivity contribution is -0.124. The van der Waals surface area contributed by atoms with Crippen molar-refractivity contribution in [2.75, 3.05) is 5.75 Å². The smallest absolute Gasteiger partial charge is 0.237 e. The molecular weight excluding hydrogens is 336 g/mol. The molecular formula is C15H21BrN2OS. The van der Waals surface area contributed by atoms with Gasteiger partial charge in [-0.25, -0.2) is 0 Å². The number of thioether (sulfide) groups is 1. The number of halogens is 1. The third-order valence-electron chi connectivity index (χ3n) is 3.53. The molecule has 110 valence electrons. The SMILES string of the molecule is CC(CCCSc1cccc(Br)c1)(NC1CC1)C(N)=O. The van der Waals surface area contributed by atoms with E-state index in [0.717, 1.165) is 35.9 Å². The van der Waals surface area contributed by atoms with Gasteiger partial charge < -0.3 is 11.1 Å². The van der Waals surface area contributed by atoms with Crippen LogP contribution in [0.3, 0.4) is 0 Å². The Labute approximate surface area is 133 Å². The Morgan fingerprint density at radius 1 is 1.55 bits per heavy atom. The van der Waals surface area contributed by atoms with E-state index in [2.05, 4.69) is 33.4 Å². The van der Waals surface area contributed by atoms with Crippen LogP contribution in [0.4, 0.5) is 0 Å². The Kier molecular flexibility index (Phi) is 5.52. The van der Waals surface area contributed by atoms with Gasteiger partial charge in [0.1, 0.15) is 0 Å². The lowest BCUT2D eigenvalue weighted by atomic mass is 9.95. The molecule has 0 radical (unpaired) electrons. The number of hydrogen-bond acceptors (Lipinski definition) is 3. The third-order valence-corrected chi connectivity index (χ3v) is 5.10. The molecule has 1 saturated carbocycles. The summed E-state index contributed by atoms with van der Waals surface area (Å²) >= 11 is 5.28. The van der Waals surface area contributed by atoms with Gasteiger partial charge in [-0.15, -0.1) is 11.8 Å². The average molecular weight is 357 g/mol. The zero-order chi connectivity index (χ0) is 14.6. The van der Waals surface area contributed by atoms with Crippen LogP contribution >= 0.6 is 27.7 Å². The number of primary amides is 1. The highest BCUT2D eigenvalue weighted by atomic mass is 79.9. The molecule has 2 rings (SSSR count). The molecule has 3 nitrogen and oxygen atoms in total. The first-order chi connectivity index (χ1) is 9.49. The van der Waals surface area contributed by atoms with Crippen molar-refractivity contribution in [2.24, 2.45) is 5.73 Å². The summed E-state index contributed by atoms with van der Waals surface area (Å²) in [6.07, 6.45) is 4.08. The molecule has 0 saturated heterocycles. The highest BCUT2D eigenvalue weighted by Crippen LogP contribution is 2.27. The largest absolute Gasteiger partial charge is 0.368 e.